The van der Waals surface area contributed by atoms with Gasteiger partial charge < -0.3 is 89.9 Å². The van der Waals surface area contributed by atoms with Crippen LogP contribution in [0.5, 0.6) is 0 Å². The number of allylic oxidation sites excluding steroid dienone is 7. The molecule has 610 valence electrons. The van der Waals surface area contributed by atoms with Crippen molar-refractivity contribution in [3.8, 4) is 0 Å². The van der Waals surface area contributed by atoms with Crippen molar-refractivity contribution in [3.05, 3.63) is 48.6 Å². The topological polar surface area (TPSA) is 307 Å². The third-order valence-electron chi connectivity index (χ3n) is 21.3. The highest BCUT2D eigenvalue weighted by Gasteiger charge is 2.54. The normalized spacial score (nSPS) is 26.1. The number of rotatable bonds is 69. The third-order valence-corrected chi connectivity index (χ3v) is 21.3. The van der Waals surface area contributed by atoms with Crippen LogP contribution >= 0.6 is 0 Å². The molecule has 19 heteroatoms. The molecule has 3 aliphatic rings. The minimum Gasteiger partial charge on any atom is -0.394 e. The summed E-state index contributed by atoms with van der Waals surface area (Å²) < 4.78 is 34.4. The van der Waals surface area contributed by atoms with Crippen molar-refractivity contribution in [3.63, 3.8) is 0 Å². The van der Waals surface area contributed by atoms with Gasteiger partial charge >= 0.3 is 0 Å². The first kappa shape index (κ1) is 96.0. The van der Waals surface area contributed by atoms with Crippen molar-refractivity contribution in [2.45, 2.75) is 458 Å². The Hall–Kier alpha value is -2.25. The fraction of sp³-hybridized carbons (Fsp3) is 0.894. The van der Waals surface area contributed by atoms with Crippen molar-refractivity contribution < 1.29 is 89.4 Å². The molecule has 3 heterocycles. The van der Waals surface area contributed by atoms with Crippen LogP contribution in [-0.4, -0.2) is 193 Å². The Morgan fingerprint density at radius 1 is 0.337 bits per heavy atom. The summed E-state index contributed by atoms with van der Waals surface area (Å²) in [5.74, 6) is -0.284. The Balaban J connectivity index is 1.29. The molecule has 104 heavy (non-hydrogen) atoms. The average molecular weight is 1480 g/mol. The van der Waals surface area contributed by atoms with Gasteiger partial charge in [0.15, 0.2) is 18.9 Å². The fourth-order valence-corrected chi connectivity index (χ4v) is 14.5. The molecule has 17 unspecified atom stereocenters. The van der Waals surface area contributed by atoms with Gasteiger partial charge in [-0.3, -0.25) is 4.79 Å². The lowest BCUT2D eigenvalue weighted by Crippen LogP contribution is -2.66. The average Bonchev–Trinajstić information content (AvgIpc) is 0.783. The molecule has 0 saturated carbocycles. The van der Waals surface area contributed by atoms with Gasteiger partial charge in [-0.1, -0.05) is 326 Å². The number of aliphatic hydroxyl groups excluding tert-OH is 11. The number of unbranched alkanes of at least 4 members (excludes halogenated alkanes) is 47. The summed E-state index contributed by atoms with van der Waals surface area (Å²) in [6, 6.07) is -0.996. The van der Waals surface area contributed by atoms with Crippen LogP contribution in [0.1, 0.15) is 354 Å². The summed E-state index contributed by atoms with van der Waals surface area (Å²) in [6.45, 7) is 1.74. The highest BCUT2D eigenvalue weighted by Crippen LogP contribution is 2.33. The van der Waals surface area contributed by atoms with Gasteiger partial charge in [0.25, 0.3) is 0 Å². The van der Waals surface area contributed by atoms with E-state index in [1.807, 2.05) is 6.08 Å². The van der Waals surface area contributed by atoms with Crippen LogP contribution in [0.2, 0.25) is 0 Å². The molecule has 0 bridgehead atoms. The number of ether oxygens (including phenoxy) is 6. The predicted molar refractivity (Wildman–Crippen MR) is 416 cm³/mol. The van der Waals surface area contributed by atoms with E-state index in [2.05, 4.69) is 55.6 Å². The highest BCUT2D eigenvalue weighted by atomic mass is 16.8. The maximum absolute atomic E-state index is 13.5. The summed E-state index contributed by atoms with van der Waals surface area (Å²) in [7, 11) is 0. The first-order valence-electron chi connectivity index (χ1n) is 42.9. The second-order valence-corrected chi connectivity index (χ2v) is 30.6. The van der Waals surface area contributed by atoms with Gasteiger partial charge in [-0.05, 0) is 70.6 Å². The molecule has 3 rings (SSSR count). The molecule has 0 aliphatic carbocycles. The van der Waals surface area contributed by atoms with Gasteiger partial charge in [0, 0.05) is 6.42 Å². The zero-order chi connectivity index (χ0) is 75.3. The number of hydrogen-bond acceptors (Lipinski definition) is 18. The summed E-state index contributed by atoms with van der Waals surface area (Å²) in [5, 5.41) is 121. The standard InChI is InChI=1S/C85H157NO18/c1-3-5-7-9-11-13-15-17-19-21-23-24-25-26-27-28-29-30-31-32-33-34-35-36-37-38-39-40-41-42-43-44-45-47-49-51-53-55-57-59-61-63-73(91)86-68(69(90)62-60-58-56-54-52-50-48-46-22-20-18-16-14-12-10-8-6-4-2)67-99-83-79(97)76(94)81(71(65-88)101-83)104-85-80(98)77(95)82(72(66-89)102-85)103-84-78(96)75(93)74(92)70(64-87)100-84/h21-23,46,52,54,60,62,68-72,74-85,87-90,92-98H,3-20,24-45,47-51,53,55-59,61,63-67H2,1-2H3,(H,86,91)/b23-21-,46-22+,54-52+,62-60+. The van der Waals surface area contributed by atoms with Crippen LogP contribution in [0.3, 0.4) is 0 Å². The van der Waals surface area contributed by atoms with Crippen LogP contribution in [0.25, 0.3) is 0 Å². The minimum atomic E-state index is -1.98. The van der Waals surface area contributed by atoms with Crippen molar-refractivity contribution in [2.24, 2.45) is 0 Å². The number of hydrogen-bond donors (Lipinski definition) is 12. The Bertz CT molecular complexity index is 2060. The quantitative estimate of drug-likeness (QED) is 0.0199. The minimum absolute atomic E-state index is 0.235. The van der Waals surface area contributed by atoms with E-state index in [-0.39, 0.29) is 18.9 Å². The SMILES string of the molecule is CCCCCCCCCC/C=C\CCCCCCCCCCCCCCCCCCCCCCCCCCCCCCCC(=O)NC(COC1OC(CO)C(OC2OC(CO)C(OC3OC(CO)C(O)C(O)C3O)C(O)C2O)C(O)C1O)C(O)/C=C/CC/C=C/CC/C=C/CCCCCCCCCC. The van der Waals surface area contributed by atoms with Crippen LogP contribution < -0.4 is 5.32 Å². The van der Waals surface area contributed by atoms with Crippen molar-refractivity contribution in [1.29, 1.82) is 0 Å². The Morgan fingerprint density at radius 3 is 0.962 bits per heavy atom. The molecule has 17 atom stereocenters. The number of nitrogens with one attached hydrogen (secondary N) is 1. The van der Waals surface area contributed by atoms with E-state index in [4.69, 9.17) is 28.4 Å². The largest absolute Gasteiger partial charge is 0.394 e. The van der Waals surface area contributed by atoms with Gasteiger partial charge in [-0.15, -0.1) is 0 Å². The maximum Gasteiger partial charge on any atom is 0.220 e. The van der Waals surface area contributed by atoms with E-state index in [1.165, 1.54) is 276 Å². The molecule has 1 amide bonds. The Morgan fingerprint density at radius 2 is 0.615 bits per heavy atom. The molecule has 3 fully saturated rings. The van der Waals surface area contributed by atoms with Crippen molar-refractivity contribution >= 4 is 5.91 Å². The van der Waals surface area contributed by atoms with Gasteiger partial charge in [0.1, 0.15) is 73.2 Å². The molecule has 3 aliphatic heterocycles. The maximum atomic E-state index is 13.5. The molecule has 0 aromatic heterocycles. The molecular weight excluding hydrogens is 1320 g/mol. The smallest absolute Gasteiger partial charge is 0.220 e. The van der Waals surface area contributed by atoms with E-state index in [9.17, 15) is 61.0 Å². The number of aliphatic hydroxyl groups is 11. The molecule has 0 aromatic rings. The second-order valence-electron chi connectivity index (χ2n) is 30.6. The predicted octanol–water partition coefficient (Wildman–Crippen LogP) is 15.2. The zero-order valence-corrected chi connectivity index (χ0v) is 65.5. The summed E-state index contributed by atoms with van der Waals surface area (Å²) >= 11 is 0. The first-order valence-corrected chi connectivity index (χ1v) is 42.9. The molecule has 0 aromatic carbocycles. The van der Waals surface area contributed by atoms with E-state index in [1.54, 1.807) is 6.08 Å². The van der Waals surface area contributed by atoms with Gasteiger partial charge in [0.05, 0.1) is 38.6 Å². The highest BCUT2D eigenvalue weighted by molar-refractivity contribution is 5.76. The molecule has 19 nitrogen and oxygen atoms in total. The number of carbonyl (C=O) groups is 1. The van der Waals surface area contributed by atoms with Crippen molar-refractivity contribution in [1.82, 2.24) is 5.32 Å². The zero-order valence-electron chi connectivity index (χ0n) is 65.5. The lowest BCUT2D eigenvalue weighted by Gasteiger charge is -2.48. The number of amides is 1. The lowest BCUT2D eigenvalue weighted by molar-refractivity contribution is -0.379. The first-order chi connectivity index (χ1) is 50.8. The molecule has 3 saturated heterocycles. The van der Waals surface area contributed by atoms with E-state index in [0.717, 1.165) is 44.9 Å². The summed E-state index contributed by atoms with van der Waals surface area (Å²) in [6.07, 6.45) is 57.2. The Labute approximate surface area is 631 Å². The van der Waals surface area contributed by atoms with Gasteiger partial charge in [-0.25, -0.2) is 0 Å². The third kappa shape index (κ3) is 44.6. The van der Waals surface area contributed by atoms with E-state index >= 15 is 0 Å². The fourth-order valence-electron chi connectivity index (χ4n) is 14.5. The van der Waals surface area contributed by atoms with Gasteiger partial charge in [0.2, 0.25) is 5.91 Å². The van der Waals surface area contributed by atoms with E-state index < -0.39 is 124 Å². The van der Waals surface area contributed by atoms with E-state index in [0.29, 0.717) is 12.8 Å². The molecule has 0 radical (unpaired) electrons. The monoisotopic (exact) mass is 1480 g/mol. The van der Waals surface area contributed by atoms with Crippen LogP contribution in [0.15, 0.2) is 48.6 Å². The molecular formula is C85H157NO18. The van der Waals surface area contributed by atoms with Crippen molar-refractivity contribution in [2.75, 3.05) is 26.4 Å². The lowest BCUT2D eigenvalue weighted by atomic mass is 9.96. The number of carbonyl (C=O) groups excluding carboxylic acids is 1. The second kappa shape index (κ2) is 65.5. The van der Waals surface area contributed by atoms with Crippen LogP contribution in [0.4, 0.5) is 0 Å². The summed E-state index contributed by atoms with van der Waals surface area (Å²) in [4.78, 5) is 13.5. The summed E-state index contributed by atoms with van der Waals surface area (Å²) in [5.41, 5.74) is 0. The molecule has 0 spiro atoms. The van der Waals surface area contributed by atoms with Crippen LogP contribution in [-0.2, 0) is 33.2 Å². The molecule has 12 N–H and O–H groups in total. The van der Waals surface area contributed by atoms with Gasteiger partial charge in [-0.2, -0.15) is 0 Å². The van der Waals surface area contributed by atoms with Crippen LogP contribution in [0, 0.1) is 0 Å². The Kier molecular flexibility index (Phi) is 60.4.